The van der Waals surface area contributed by atoms with E-state index in [-0.39, 0.29) is 5.89 Å². The minimum atomic E-state index is -1.14. The Labute approximate surface area is 126 Å². The molecule has 1 aliphatic carbocycles. The molecule has 1 amide bonds. The maximum absolute atomic E-state index is 10.6. The van der Waals surface area contributed by atoms with Crippen LogP contribution in [0.4, 0.5) is 4.79 Å². The van der Waals surface area contributed by atoms with Crippen LogP contribution in [0.5, 0.6) is 0 Å². The van der Waals surface area contributed by atoms with E-state index < -0.39 is 12.1 Å². The minimum absolute atomic E-state index is 0.213. The molecule has 0 spiro atoms. The van der Waals surface area contributed by atoms with Crippen LogP contribution in [-0.4, -0.2) is 32.4 Å². The van der Waals surface area contributed by atoms with Gasteiger partial charge in [-0.1, -0.05) is 5.16 Å². The molecule has 0 aliphatic heterocycles. The van der Waals surface area contributed by atoms with Crippen molar-refractivity contribution in [1.29, 1.82) is 0 Å². The summed E-state index contributed by atoms with van der Waals surface area (Å²) in [4.78, 5) is 19.1. The fourth-order valence-electron chi connectivity index (χ4n) is 1.91. The molecule has 2 heterocycles. The number of hydrogen-bond acceptors (Lipinski definition) is 6. The summed E-state index contributed by atoms with van der Waals surface area (Å²) < 4.78 is 10.7. The van der Waals surface area contributed by atoms with Gasteiger partial charge in [0.25, 0.3) is 0 Å². The molecule has 0 unspecified atom stereocenters. The van der Waals surface area contributed by atoms with Crippen LogP contribution in [-0.2, 0) is 11.3 Å². The summed E-state index contributed by atoms with van der Waals surface area (Å²) in [7, 11) is 0. The Balaban J connectivity index is 1.71. The zero-order valence-corrected chi connectivity index (χ0v) is 12.0. The molecule has 8 heteroatoms. The fourth-order valence-corrected chi connectivity index (χ4v) is 1.91. The average Bonchev–Trinajstić information content (AvgIpc) is 3.18. The number of ether oxygens (including phenoxy) is 1. The molecule has 2 aromatic heterocycles. The Morgan fingerprint density at radius 2 is 2.41 bits per heavy atom. The van der Waals surface area contributed by atoms with Gasteiger partial charge in [0.1, 0.15) is 6.04 Å². The van der Waals surface area contributed by atoms with Gasteiger partial charge in [0.15, 0.2) is 0 Å². The van der Waals surface area contributed by atoms with E-state index in [1.54, 1.807) is 19.2 Å². The van der Waals surface area contributed by atoms with Crippen LogP contribution >= 0.6 is 0 Å². The van der Waals surface area contributed by atoms with E-state index in [4.69, 9.17) is 14.4 Å². The monoisotopic (exact) mass is 304 g/mol. The summed E-state index contributed by atoms with van der Waals surface area (Å²) in [6.07, 6.45) is 3.11. The third-order valence-corrected chi connectivity index (χ3v) is 3.22. The third kappa shape index (κ3) is 3.59. The van der Waals surface area contributed by atoms with Crippen LogP contribution in [0.1, 0.15) is 37.4 Å². The number of nitrogens with one attached hydrogen (secondary N) is 1. The second-order valence-electron chi connectivity index (χ2n) is 5.17. The molecule has 1 atom stereocenters. The Kier molecular flexibility index (Phi) is 4.01. The van der Waals surface area contributed by atoms with Crippen LogP contribution in [0.2, 0.25) is 0 Å². The summed E-state index contributed by atoms with van der Waals surface area (Å²) in [6, 6.07) is 3.04. The largest absolute Gasteiger partial charge is 0.465 e. The normalized spacial score (nSPS) is 15.5. The molecule has 0 saturated heterocycles. The summed E-state index contributed by atoms with van der Waals surface area (Å²) in [5.41, 5.74) is 1.55. The van der Waals surface area contributed by atoms with Crippen molar-refractivity contribution in [2.24, 2.45) is 0 Å². The number of amides is 1. The fraction of sp³-hybridized carbons (Fsp3) is 0.429. The van der Waals surface area contributed by atoms with Gasteiger partial charge >= 0.3 is 6.09 Å². The number of pyridine rings is 1. The van der Waals surface area contributed by atoms with E-state index in [1.165, 1.54) is 0 Å². The van der Waals surface area contributed by atoms with E-state index in [0.717, 1.165) is 24.1 Å². The lowest BCUT2D eigenvalue weighted by atomic mass is 10.2. The molecule has 0 aromatic carbocycles. The molecule has 1 fully saturated rings. The number of carboxylic acid groups (broad SMARTS) is 1. The topological polar surface area (TPSA) is 110 Å². The van der Waals surface area contributed by atoms with Crippen LogP contribution in [0, 0.1) is 0 Å². The molecule has 22 heavy (non-hydrogen) atoms. The molecule has 2 N–H and O–H groups in total. The first-order valence-corrected chi connectivity index (χ1v) is 7.02. The SMILES string of the molecule is C[C@H](NC(=O)O)c1nc(-c2ccnc(COC3CC3)c2)no1. The zero-order valence-electron chi connectivity index (χ0n) is 12.0. The van der Waals surface area contributed by atoms with Gasteiger partial charge in [-0.25, -0.2) is 4.79 Å². The average molecular weight is 304 g/mol. The maximum atomic E-state index is 10.6. The summed E-state index contributed by atoms with van der Waals surface area (Å²) in [5.74, 6) is 0.606. The van der Waals surface area contributed by atoms with Crippen LogP contribution < -0.4 is 5.32 Å². The second-order valence-corrected chi connectivity index (χ2v) is 5.17. The number of aromatic nitrogens is 3. The highest BCUT2D eigenvalue weighted by atomic mass is 16.5. The number of nitrogens with zero attached hydrogens (tertiary/aromatic N) is 3. The highest BCUT2D eigenvalue weighted by Crippen LogP contribution is 2.25. The summed E-state index contributed by atoms with van der Waals surface area (Å²) in [6.45, 7) is 2.09. The number of hydrogen-bond donors (Lipinski definition) is 2. The number of carbonyl (C=O) groups is 1. The van der Waals surface area contributed by atoms with Gasteiger partial charge in [0.2, 0.25) is 11.7 Å². The first-order chi connectivity index (χ1) is 10.6. The summed E-state index contributed by atoms with van der Waals surface area (Å²) in [5, 5.41) is 14.8. The predicted octanol–water partition coefficient (Wildman–Crippen LogP) is 2.14. The van der Waals surface area contributed by atoms with Crippen LogP contribution in [0.25, 0.3) is 11.4 Å². The highest BCUT2D eigenvalue weighted by Gasteiger charge is 2.22. The zero-order chi connectivity index (χ0) is 15.5. The van der Waals surface area contributed by atoms with Gasteiger partial charge < -0.3 is 19.7 Å². The second kappa shape index (κ2) is 6.10. The van der Waals surface area contributed by atoms with Crippen molar-refractivity contribution < 1.29 is 19.2 Å². The predicted molar refractivity (Wildman–Crippen MR) is 74.9 cm³/mol. The van der Waals surface area contributed by atoms with E-state index in [2.05, 4.69) is 20.4 Å². The molecule has 2 aromatic rings. The molecule has 8 nitrogen and oxygen atoms in total. The van der Waals surface area contributed by atoms with Gasteiger partial charge in [-0.05, 0) is 31.9 Å². The molecule has 0 bridgehead atoms. The number of rotatable bonds is 6. The van der Waals surface area contributed by atoms with E-state index >= 15 is 0 Å². The van der Waals surface area contributed by atoms with Crippen molar-refractivity contribution in [3.05, 3.63) is 29.9 Å². The Morgan fingerprint density at radius 1 is 1.59 bits per heavy atom. The van der Waals surface area contributed by atoms with E-state index in [1.807, 2.05) is 6.07 Å². The van der Waals surface area contributed by atoms with Crippen molar-refractivity contribution in [3.8, 4) is 11.4 Å². The van der Waals surface area contributed by atoms with Crippen molar-refractivity contribution >= 4 is 6.09 Å². The molecule has 116 valence electrons. The van der Waals surface area contributed by atoms with E-state index in [0.29, 0.717) is 18.5 Å². The minimum Gasteiger partial charge on any atom is -0.465 e. The van der Waals surface area contributed by atoms with Gasteiger partial charge in [-0.2, -0.15) is 4.98 Å². The van der Waals surface area contributed by atoms with E-state index in [9.17, 15) is 4.79 Å². The van der Waals surface area contributed by atoms with Crippen molar-refractivity contribution in [2.75, 3.05) is 0 Å². The first kappa shape index (κ1) is 14.5. The van der Waals surface area contributed by atoms with Crippen molar-refractivity contribution in [3.63, 3.8) is 0 Å². The Morgan fingerprint density at radius 3 is 3.14 bits per heavy atom. The molecule has 3 rings (SSSR count). The van der Waals surface area contributed by atoms with Crippen LogP contribution in [0.3, 0.4) is 0 Å². The standard InChI is InChI=1S/C14H16N4O4/c1-8(16-14(19)20)13-17-12(18-22-13)9-4-5-15-10(6-9)7-21-11-2-3-11/h4-6,8,11,16H,2-3,7H2,1H3,(H,19,20)/t8-/m0/s1. The summed E-state index contributed by atoms with van der Waals surface area (Å²) >= 11 is 0. The Hall–Kier alpha value is -2.48. The van der Waals surface area contributed by atoms with Gasteiger partial charge in [-0.15, -0.1) is 0 Å². The molecular formula is C14H16N4O4. The highest BCUT2D eigenvalue weighted by molar-refractivity contribution is 5.65. The maximum Gasteiger partial charge on any atom is 0.405 e. The smallest absolute Gasteiger partial charge is 0.405 e. The van der Waals surface area contributed by atoms with Crippen molar-refractivity contribution in [2.45, 2.75) is 38.5 Å². The molecule has 1 aliphatic rings. The first-order valence-electron chi connectivity index (χ1n) is 7.02. The van der Waals surface area contributed by atoms with Gasteiger partial charge in [-0.3, -0.25) is 4.98 Å². The lowest BCUT2D eigenvalue weighted by molar-refractivity contribution is 0.103. The van der Waals surface area contributed by atoms with Gasteiger partial charge in [0, 0.05) is 11.8 Å². The van der Waals surface area contributed by atoms with Crippen LogP contribution in [0.15, 0.2) is 22.9 Å². The quantitative estimate of drug-likeness (QED) is 0.841. The Bertz CT molecular complexity index is 668. The lowest BCUT2D eigenvalue weighted by Gasteiger charge is -2.04. The third-order valence-electron chi connectivity index (χ3n) is 3.22. The van der Waals surface area contributed by atoms with Gasteiger partial charge in [0.05, 0.1) is 18.4 Å². The molecule has 0 radical (unpaired) electrons. The molecular weight excluding hydrogens is 288 g/mol. The van der Waals surface area contributed by atoms with Crippen molar-refractivity contribution in [1.82, 2.24) is 20.4 Å². The lowest BCUT2D eigenvalue weighted by Crippen LogP contribution is -2.24. The molecule has 1 saturated carbocycles.